The van der Waals surface area contributed by atoms with Crippen molar-refractivity contribution in [3.8, 4) is 0 Å². The van der Waals surface area contributed by atoms with Gasteiger partial charge in [-0.25, -0.2) is 14.6 Å². The summed E-state index contributed by atoms with van der Waals surface area (Å²) >= 11 is 5.91. The van der Waals surface area contributed by atoms with Crippen molar-refractivity contribution in [3.05, 3.63) is 22.8 Å². The van der Waals surface area contributed by atoms with Crippen LogP contribution in [-0.2, 0) is 4.74 Å². The zero-order chi connectivity index (χ0) is 17.9. The van der Waals surface area contributed by atoms with Crippen molar-refractivity contribution < 1.29 is 19.4 Å². The van der Waals surface area contributed by atoms with Gasteiger partial charge < -0.3 is 20.1 Å². The molecule has 1 aromatic rings. The summed E-state index contributed by atoms with van der Waals surface area (Å²) in [6.07, 6.45) is 1.09. The van der Waals surface area contributed by atoms with E-state index in [-0.39, 0.29) is 16.8 Å². The van der Waals surface area contributed by atoms with Gasteiger partial charge in [0.05, 0.1) is 5.56 Å². The van der Waals surface area contributed by atoms with Crippen LogP contribution in [0, 0.1) is 0 Å². The van der Waals surface area contributed by atoms with Gasteiger partial charge in [0.1, 0.15) is 16.6 Å². The fourth-order valence-corrected chi connectivity index (χ4v) is 2.72. The Morgan fingerprint density at radius 1 is 1.33 bits per heavy atom. The Morgan fingerprint density at radius 3 is 2.46 bits per heavy atom. The number of piperidine rings is 1. The molecule has 1 aromatic heterocycles. The first-order valence-corrected chi connectivity index (χ1v) is 8.18. The quantitative estimate of drug-likeness (QED) is 0.810. The fourth-order valence-electron chi connectivity index (χ4n) is 2.49. The van der Waals surface area contributed by atoms with E-state index >= 15 is 0 Å². The van der Waals surface area contributed by atoms with Crippen LogP contribution in [0.3, 0.4) is 0 Å². The Kier molecular flexibility index (Phi) is 5.54. The van der Waals surface area contributed by atoms with E-state index in [0.717, 1.165) is 12.8 Å². The summed E-state index contributed by atoms with van der Waals surface area (Å²) in [4.78, 5) is 28.9. The molecule has 2 N–H and O–H groups in total. The SMILES string of the molecule is CC(C)(C)OC(=O)NC1CCN(c2ccc(C(=O)O)c(Cl)n2)CC1. The molecule has 8 heteroatoms. The summed E-state index contributed by atoms with van der Waals surface area (Å²) in [5, 5.41) is 11.8. The van der Waals surface area contributed by atoms with E-state index in [0.29, 0.717) is 18.9 Å². The molecule has 24 heavy (non-hydrogen) atoms. The highest BCUT2D eigenvalue weighted by Gasteiger charge is 2.24. The molecule has 0 spiro atoms. The maximum Gasteiger partial charge on any atom is 0.407 e. The van der Waals surface area contributed by atoms with Crippen LogP contribution in [0.4, 0.5) is 10.6 Å². The zero-order valence-corrected chi connectivity index (χ0v) is 14.8. The number of nitrogens with zero attached hydrogens (tertiary/aromatic N) is 2. The molecule has 132 valence electrons. The zero-order valence-electron chi connectivity index (χ0n) is 14.0. The van der Waals surface area contributed by atoms with E-state index in [1.165, 1.54) is 6.07 Å². The van der Waals surface area contributed by atoms with E-state index in [2.05, 4.69) is 10.3 Å². The second-order valence-electron chi connectivity index (χ2n) is 6.72. The first-order valence-electron chi connectivity index (χ1n) is 7.80. The number of anilines is 1. The average Bonchev–Trinajstić information content (AvgIpc) is 2.45. The molecule has 1 aliphatic rings. The second-order valence-corrected chi connectivity index (χ2v) is 7.08. The van der Waals surface area contributed by atoms with Gasteiger partial charge in [-0.15, -0.1) is 0 Å². The third kappa shape index (κ3) is 4.99. The molecular weight excluding hydrogens is 334 g/mol. The van der Waals surface area contributed by atoms with E-state index in [1.54, 1.807) is 6.07 Å². The lowest BCUT2D eigenvalue weighted by atomic mass is 10.1. The molecule has 0 saturated carbocycles. The molecule has 7 nitrogen and oxygen atoms in total. The number of aromatic carboxylic acids is 1. The number of aromatic nitrogens is 1. The fraction of sp³-hybridized carbons (Fsp3) is 0.562. The molecule has 1 aliphatic heterocycles. The molecule has 1 saturated heterocycles. The van der Waals surface area contributed by atoms with Gasteiger partial charge in [-0.3, -0.25) is 0 Å². The molecule has 0 unspecified atom stereocenters. The van der Waals surface area contributed by atoms with E-state index in [9.17, 15) is 9.59 Å². The highest BCUT2D eigenvalue weighted by Crippen LogP contribution is 2.22. The number of carbonyl (C=O) groups is 2. The Morgan fingerprint density at radius 2 is 1.96 bits per heavy atom. The number of hydrogen-bond donors (Lipinski definition) is 2. The molecule has 2 heterocycles. The Hall–Kier alpha value is -2.02. The number of carboxylic acid groups (broad SMARTS) is 1. The van der Waals surface area contributed by atoms with Crippen molar-refractivity contribution in [2.45, 2.75) is 45.3 Å². The lowest BCUT2D eigenvalue weighted by Crippen LogP contribution is -2.46. The minimum atomic E-state index is -1.10. The van der Waals surface area contributed by atoms with Crippen molar-refractivity contribution in [1.29, 1.82) is 0 Å². The molecular formula is C16H22ClN3O4. The highest BCUT2D eigenvalue weighted by atomic mass is 35.5. The molecule has 0 aromatic carbocycles. The van der Waals surface area contributed by atoms with E-state index in [1.807, 2.05) is 25.7 Å². The third-order valence-electron chi connectivity index (χ3n) is 3.60. The predicted molar refractivity (Wildman–Crippen MR) is 90.8 cm³/mol. The van der Waals surface area contributed by atoms with Gasteiger partial charge in [0.15, 0.2) is 0 Å². The predicted octanol–water partition coefficient (Wildman–Crippen LogP) is 2.93. The minimum Gasteiger partial charge on any atom is -0.478 e. The van der Waals surface area contributed by atoms with Crippen LogP contribution in [0.5, 0.6) is 0 Å². The van der Waals surface area contributed by atoms with Gasteiger partial charge >= 0.3 is 12.1 Å². The molecule has 2 rings (SSSR count). The number of amides is 1. The van der Waals surface area contributed by atoms with E-state index < -0.39 is 17.7 Å². The highest BCUT2D eigenvalue weighted by molar-refractivity contribution is 6.32. The maximum atomic E-state index is 11.8. The largest absolute Gasteiger partial charge is 0.478 e. The number of pyridine rings is 1. The summed E-state index contributed by atoms with van der Waals surface area (Å²) in [5.41, 5.74) is -0.529. The lowest BCUT2D eigenvalue weighted by molar-refractivity contribution is 0.0496. The summed E-state index contributed by atoms with van der Waals surface area (Å²) < 4.78 is 5.25. The van der Waals surface area contributed by atoms with Crippen LogP contribution in [0.15, 0.2) is 12.1 Å². The summed E-state index contributed by atoms with van der Waals surface area (Å²) in [7, 11) is 0. The van der Waals surface area contributed by atoms with Crippen molar-refractivity contribution in [1.82, 2.24) is 10.3 Å². The van der Waals surface area contributed by atoms with Gasteiger partial charge in [-0.05, 0) is 45.7 Å². The summed E-state index contributed by atoms with van der Waals surface area (Å²) in [6, 6.07) is 3.15. The number of hydrogen-bond acceptors (Lipinski definition) is 5. The van der Waals surface area contributed by atoms with Crippen molar-refractivity contribution in [3.63, 3.8) is 0 Å². The first-order chi connectivity index (χ1) is 11.2. The van der Waals surface area contributed by atoms with Crippen molar-refractivity contribution in [2.75, 3.05) is 18.0 Å². The number of carbonyl (C=O) groups excluding carboxylic acids is 1. The van der Waals surface area contributed by atoms with Gasteiger partial charge in [-0.1, -0.05) is 11.6 Å². The van der Waals surface area contributed by atoms with Crippen molar-refractivity contribution >= 4 is 29.5 Å². The minimum absolute atomic E-state index is 0.0121. The number of halogens is 1. The Labute approximate surface area is 146 Å². The number of alkyl carbamates (subject to hydrolysis) is 1. The molecule has 1 amide bonds. The number of rotatable bonds is 3. The Bertz CT molecular complexity index is 622. The number of carboxylic acids is 1. The first kappa shape index (κ1) is 18.3. The number of ether oxygens (including phenoxy) is 1. The molecule has 0 aliphatic carbocycles. The topological polar surface area (TPSA) is 91.8 Å². The molecule has 1 fully saturated rings. The average molecular weight is 356 g/mol. The Balaban J connectivity index is 1.90. The van der Waals surface area contributed by atoms with Crippen LogP contribution in [0.2, 0.25) is 5.15 Å². The van der Waals surface area contributed by atoms with Crippen LogP contribution in [-0.4, -0.2) is 46.9 Å². The van der Waals surface area contributed by atoms with Crippen LogP contribution in [0.25, 0.3) is 0 Å². The van der Waals surface area contributed by atoms with Gasteiger partial charge in [-0.2, -0.15) is 0 Å². The molecule has 0 radical (unpaired) electrons. The van der Waals surface area contributed by atoms with Gasteiger partial charge in [0.25, 0.3) is 0 Å². The molecule has 0 bridgehead atoms. The lowest BCUT2D eigenvalue weighted by Gasteiger charge is -2.33. The van der Waals surface area contributed by atoms with Gasteiger partial charge in [0, 0.05) is 19.1 Å². The summed E-state index contributed by atoms with van der Waals surface area (Å²) in [6.45, 7) is 6.86. The monoisotopic (exact) mass is 355 g/mol. The normalized spacial score (nSPS) is 15.9. The molecule has 0 atom stereocenters. The number of nitrogens with one attached hydrogen (secondary N) is 1. The third-order valence-corrected chi connectivity index (χ3v) is 3.89. The summed E-state index contributed by atoms with van der Waals surface area (Å²) in [5.74, 6) is -0.458. The second kappa shape index (κ2) is 7.25. The maximum absolute atomic E-state index is 11.8. The van der Waals surface area contributed by atoms with Crippen LogP contribution >= 0.6 is 11.6 Å². The smallest absolute Gasteiger partial charge is 0.407 e. The van der Waals surface area contributed by atoms with E-state index in [4.69, 9.17) is 21.4 Å². The van der Waals surface area contributed by atoms with Crippen LogP contribution < -0.4 is 10.2 Å². The van der Waals surface area contributed by atoms with Crippen LogP contribution in [0.1, 0.15) is 44.0 Å². The van der Waals surface area contributed by atoms with Crippen molar-refractivity contribution in [2.24, 2.45) is 0 Å². The standard InChI is InChI=1S/C16H22ClN3O4/c1-16(2,3)24-15(23)18-10-6-8-20(9-7-10)12-5-4-11(14(21)22)13(17)19-12/h4-5,10H,6-9H2,1-3H3,(H,18,23)(H,21,22). The van der Waals surface area contributed by atoms with Gasteiger partial charge in [0.2, 0.25) is 0 Å².